The van der Waals surface area contributed by atoms with Crippen LogP contribution in [0, 0.1) is 11.3 Å². The number of nitrogens with zero attached hydrogens (tertiary/aromatic N) is 1. The highest BCUT2D eigenvalue weighted by Gasteiger charge is 2.32. The van der Waals surface area contributed by atoms with Crippen LogP contribution in [0.4, 0.5) is 13.2 Å². The molecule has 0 spiro atoms. The Bertz CT molecular complexity index is 550. The predicted molar refractivity (Wildman–Crippen MR) is 68.4 cm³/mol. The quantitative estimate of drug-likeness (QED) is 0.625. The Hall–Kier alpha value is -1.68. The van der Waals surface area contributed by atoms with Crippen LogP contribution in [0.1, 0.15) is 35.3 Å². The number of thioether (sulfide) groups is 1. The number of esters is 1. The number of aryl methyl sites for hydroxylation is 1. The minimum atomic E-state index is -4.49. The first kappa shape index (κ1) is 16.4. The zero-order chi connectivity index (χ0) is 15.3. The number of rotatable bonds is 4. The van der Waals surface area contributed by atoms with Crippen LogP contribution in [0.25, 0.3) is 0 Å². The first-order valence-corrected chi connectivity index (χ1v) is 6.63. The minimum absolute atomic E-state index is 0.0896. The van der Waals surface area contributed by atoms with Crippen molar-refractivity contribution in [2.75, 3.05) is 6.61 Å². The summed E-state index contributed by atoms with van der Waals surface area (Å²) < 4.78 is 42.3. The van der Waals surface area contributed by atoms with Crippen LogP contribution in [0.15, 0.2) is 17.0 Å². The van der Waals surface area contributed by atoms with Gasteiger partial charge in [0.15, 0.2) is 0 Å². The molecule has 7 heteroatoms. The van der Waals surface area contributed by atoms with Crippen LogP contribution >= 0.6 is 11.8 Å². The van der Waals surface area contributed by atoms with Crippen LogP contribution in [0.2, 0.25) is 0 Å². The van der Waals surface area contributed by atoms with E-state index in [2.05, 4.69) is 0 Å². The lowest BCUT2D eigenvalue weighted by molar-refractivity contribution is -0.0328. The van der Waals surface area contributed by atoms with Crippen molar-refractivity contribution in [1.82, 2.24) is 0 Å². The Kier molecular flexibility index (Phi) is 5.45. The lowest BCUT2D eigenvalue weighted by atomic mass is 10.0. The lowest BCUT2D eigenvalue weighted by Gasteiger charge is -2.13. The summed E-state index contributed by atoms with van der Waals surface area (Å²) in [6.45, 7) is 3.44. The lowest BCUT2D eigenvalue weighted by Crippen LogP contribution is -2.08. The van der Waals surface area contributed by atoms with Crippen molar-refractivity contribution < 1.29 is 22.7 Å². The van der Waals surface area contributed by atoms with E-state index in [9.17, 15) is 18.0 Å². The van der Waals surface area contributed by atoms with Gasteiger partial charge in [-0.3, -0.25) is 0 Å². The summed E-state index contributed by atoms with van der Waals surface area (Å²) in [4.78, 5) is 11.5. The molecule has 0 heterocycles. The average molecular weight is 303 g/mol. The maximum Gasteiger partial charge on any atom is 0.446 e. The third kappa shape index (κ3) is 4.17. The van der Waals surface area contributed by atoms with Gasteiger partial charge >= 0.3 is 11.5 Å². The maximum absolute atomic E-state index is 12.5. The van der Waals surface area contributed by atoms with Crippen molar-refractivity contribution in [2.24, 2.45) is 0 Å². The standard InChI is InChI=1S/C13H12F3NO2S/c1-3-8-5-9(12(18)19-4-2)6-10(7-17)11(8)20-13(14,15)16/h5-6H,3-4H2,1-2H3. The fourth-order valence-electron chi connectivity index (χ4n) is 1.60. The zero-order valence-corrected chi connectivity index (χ0v) is 11.7. The molecule has 0 aliphatic carbocycles. The maximum atomic E-state index is 12.5. The van der Waals surface area contributed by atoms with Crippen molar-refractivity contribution in [3.05, 3.63) is 28.8 Å². The monoisotopic (exact) mass is 303 g/mol. The fourth-order valence-corrected chi connectivity index (χ4v) is 2.38. The molecule has 0 N–H and O–H groups in total. The van der Waals surface area contributed by atoms with Gasteiger partial charge in [0.1, 0.15) is 6.07 Å². The Morgan fingerprint density at radius 1 is 1.40 bits per heavy atom. The molecule has 108 valence electrons. The number of nitriles is 1. The van der Waals surface area contributed by atoms with E-state index in [4.69, 9.17) is 10.00 Å². The van der Waals surface area contributed by atoms with Gasteiger partial charge in [-0.25, -0.2) is 4.79 Å². The van der Waals surface area contributed by atoms with E-state index in [1.807, 2.05) is 0 Å². The first-order chi connectivity index (χ1) is 9.32. The van der Waals surface area contributed by atoms with Crippen molar-refractivity contribution in [3.8, 4) is 6.07 Å². The molecule has 0 amide bonds. The Morgan fingerprint density at radius 2 is 2.05 bits per heavy atom. The van der Waals surface area contributed by atoms with Gasteiger partial charge in [0, 0.05) is 4.90 Å². The molecular formula is C13H12F3NO2S. The summed E-state index contributed by atoms with van der Waals surface area (Å²) in [5.74, 6) is -0.651. The number of hydrogen-bond acceptors (Lipinski definition) is 4. The van der Waals surface area contributed by atoms with E-state index in [-0.39, 0.29) is 40.8 Å². The molecule has 0 saturated carbocycles. The summed E-state index contributed by atoms with van der Waals surface area (Å²) in [5.41, 5.74) is -4.27. The molecule has 20 heavy (non-hydrogen) atoms. The fraction of sp³-hybridized carbons (Fsp3) is 0.385. The van der Waals surface area contributed by atoms with E-state index in [0.717, 1.165) is 6.07 Å². The molecule has 0 bridgehead atoms. The number of ether oxygens (including phenoxy) is 1. The highest BCUT2D eigenvalue weighted by molar-refractivity contribution is 8.00. The third-order valence-corrected chi connectivity index (χ3v) is 3.31. The van der Waals surface area contributed by atoms with Gasteiger partial charge < -0.3 is 4.74 Å². The summed E-state index contributed by atoms with van der Waals surface area (Å²) >= 11 is -0.338. The van der Waals surface area contributed by atoms with Crippen LogP contribution < -0.4 is 0 Å². The highest BCUT2D eigenvalue weighted by atomic mass is 32.2. The van der Waals surface area contributed by atoms with E-state index in [1.165, 1.54) is 6.07 Å². The number of carbonyl (C=O) groups is 1. The van der Waals surface area contributed by atoms with Gasteiger partial charge in [0.2, 0.25) is 0 Å². The molecule has 0 aromatic heterocycles. The molecule has 1 rings (SSSR count). The molecule has 3 nitrogen and oxygen atoms in total. The SMILES string of the molecule is CCOC(=O)c1cc(C#N)c(SC(F)(F)F)c(CC)c1. The van der Waals surface area contributed by atoms with Gasteiger partial charge in [-0.15, -0.1) is 0 Å². The average Bonchev–Trinajstić information content (AvgIpc) is 2.37. The van der Waals surface area contributed by atoms with E-state index >= 15 is 0 Å². The van der Waals surface area contributed by atoms with Crippen LogP contribution in [0.5, 0.6) is 0 Å². The molecule has 0 radical (unpaired) electrons. The van der Waals surface area contributed by atoms with E-state index in [0.29, 0.717) is 5.56 Å². The first-order valence-electron chi connectivity index (χ1n) is 5.82. The number of carbonyl (C=O) groups excluding carboxylic acids is 1. The number of halogens is 3. The second-order valence-electron chi connectivity index (χ2n) is 3.75. The van der Waals surface area contributed by atoms with Gasteiger partial charge in [-0.2, -0.15) is 18.4 Å². The second kappa shape index (κ2) is 6.66. The van der Waals surface area contributed by atoms with Crippen molar-refractivity contribution in [3.63, 3.8) is 0 Å². The van der Waals surface area contributed by atoms with E-state index in [1.54, 1.807) is 19.9 Å². The van der Waals surface area contributed by atoms with E-state index < -0.39 is 11.5 Å². The van der Waals surface area contributed by atoms with Crippen LogP contribution in [-0.4, -0.2) is 18.1 Å². The number of hydrogen-bond donors (Lipinski definition) is 0. The smallest absolute Gasteiger partial charge is 0.446 e. The summed E-state index contributed by atoms with van der Waals surface area (Å²) in [5, 5.41) is 8.99. The molecular weight excluding hydrogens is 291 g/mol. The molecule has 0 atom stereocenters. The van der Waals surface area contributed by atoms with Crippen LogP contribution in [-0.2, 0) is 11.2 Å². The third-order valence-electron chi connectivity index (χ3n) is 2.40. The van der Waals surface area contributed by atoms with Gasteiger partial charge in [-0.1, -0.05) is 6.92 Å². The summed E-state index contributed by atoms with van der Waals surface area (Å²) in [6.07, 6.45) is 0.278. The van der Waals surface area contributed by atoms with Crippen molar-refractivity contribution >= 4 is 17.7 Å². The van der Waals surface area contributed by atoms with Gasteiger partial charge in [0.25, 0.3) is 0 Å². The number of alkyl halides is 3. The topological polar surface area (TPSA) is 50.1 Å². The Morgan fingerprint density at radius 3 is 2.50 bits per heavy atom. The van der Waals surface area contributed by atoms with Crippen molar-refractivity contribution in [2.45, 2.75) is 30.7 Å². The summed E-state index contributed by atoms with van der Waals surface area (Å²) in [6, 6.07) is 4.17. The second-order valence-corrected chi connectivity index (χ2v) is 4.82. The molecule has 0 aliphatic heterocycles. The Balaban J connectivity index is 3.33. The normalized spacial score (nSPS) is 11.0. The van der Waals surface area contributed by atoms with Crippen LogP contribution in [0.3, 0.4) is 0 Å². The predicted octanol–water partition coefficient (Wildman–Crippen LogP) is 3.91. The van der Waals surface area contributed by atoms with Crippen molar-refractivity contribution in [1.29, 1.82) is 5.26 Å². The molecule has 1 aromatic rings. The largest absolute Gasteiger partial charge is 0.462 e. The number of benzene rings is 1. The Labute approximate surface area is 118 Å². The molecule has 1 aromatic carbocycles. The molecule has 0 saturated heterocycles. The molecule has 0 aliphatic rings. The molecule has 0 fully saturated rings. The van der Waals surface area contributed by atoms with Gasteiger partial charge in [-0.05, 0) is 42.8 Å². The zero-order valence-electron chi connectivity index (χ0n) is 10.9. The highest BCUT2D eigenvalue weighted by Crippen LogP contribution is 2.41. The summed E-state index contributed by atoms with van der Waals surface area (Å²) in [7, 11) is 0. The van der Waals surface area contributed by atoms with Gasteiger partial charge in [0.05, 0.1) is 17.7 Å². The minimum Gasteiger partial charge on any atom is -0.462 e. The molecule has 0 unspecified atom stereocenters.